The second-order valence-corrected chi connectivity index (χ2v) is 7.71. The molecule has 4 rings (SSSR count). The number of aliphatic hydroxyl groups is 1. The van der Waals surface area contributed by atoms with Gasteiger partial charge in [0.1, 0.15) is 0 Å². The maximum absolute atomic E-state index is 10.0. The molecule has 0 saturated heterocycles. The van der Waals surface area contributed by atoms with Crippen LogP contribution in [0.5, 0.6) is 0 Å². The Labute approximate surface area is 194 Å². The zero-order valence-corrected chi connectivity index (χ0v) is 20.2. The molecule has 1 N–H and O–H groups in total. The summed E-state index contributed by atoms with van der Waals surface area (Å²) in [6, 6.07) is 23.9. The van der Waals surface area contributed by atoms with Crippen LogP contribution in [0.2, 0.25) is 0 Å². The molecule has 0 unspecified atom stereocenters. The first kappa shape index (κ1) is 23.7. The van der Waals surface area contributed by atoms with Gasteiger partial charge in [0.2, 0.25) is 0 Å². The van der Waals surface area contributed by atoms with Crippen molar-refractivity contribution < 1.29 is 30.0 Å². The Bertz CT molecular complexity index is 1150. The Kier molecular flexibility index (Phi) is 8.67. The van der Waals surface area contributed by atoms with Gasteiger partial charge in [-0.25, -0.2) is 0 Å². The number of rotatable bonds is 3. The third kappa shape index (κ3) is 5.96. The van der Waals surface area contributed by atoms with Crippen LogP contribution in [-0.2, 0) is 24.9 Å². The van der Waals surface area contributed by atoms with Crippen molar-refractivity contribution in [2.45, 2.75) is 20.8 Å². The minimum absolute atomic E-state index is 0. The van der Waals surface area contributed by atoms with Crippen LogP contribution in [0.15, 0.2) is 78.7 Å². The first-order chi connectivity index (χ1) is 14.0. The van der Waals surface area contributed by atoms with Gasteiger partial charge in [-0.3, -0.25) is 4.79 Å². The van der Waals surface area contributed by atoms with Crippen LogP contribution in [0.25, 0.3) is 31.8 Å². The van der Waals surface area contributed by atoms with Gasteiger partial charge in [-0.1, -0.05) is 36.4 Å². The van der Waals surface area contributed by atoms with Gasteiger partial charge in [-0.2, -0.15) is 0 Å². The molecule has 5 heteroatoms. The molecule has 30 heavy (non-hydrogen) atoms. The van der Waals surface area contributed by atoms with Crippen molar-refractivity contribution in [3.05, 3.63) is 90.3 Å². The summed E-state index contributed by atoms with van der Waals surface area (Å²) in [5.74, 6) is -0.0625. The van der Waals surface area contributed by atoms with E-state index in [-0.39, 0.29) is 31.6 Å². The number of aliphatic hydroxyl groups excluding tert-OH is 1. The maximum Gasteiger partial charge on any atom is 0.155 e. The number of aryl methyl sites for hydroxylation is 1. The van der Waals surface area contributed by atoms with E-state index in [1.165, 1.54) is 46.0 Å². The van der Waals surface area contributed by atoms with Gasteiger partial charge in [0.15, 0.2) is 5.78 Å². The number of allylic oxidation sites excluding steroid dienone is 2. The molecule has 155 valence electrons. The molecule has 2 aromatic heterocycles. The third-order valence-electron chi connectivity index (χ3n) is 4.26. The van der Waals surface area contributed by atoms with Crippen LogP contribution < -0.4 is 0 Å². The Morgan fingerprint density at radius 2 is 1.80 bits per heavy atom. The molecule has 4 aromatic rings. The van der Waals surface area contributed by atoms with Crippen LogP contribution >= 0.6 is 11.3 Å². The van der Waals surface area contributed by atoms with E-state index < -0.39 is 0 Å². The normalized spacial score (nSPS) is 10.7. The number of pyridine rings is 1. The number of hydrogen-bond donors (Lipinski definition) is 1. The predicted octanol–water partition coefficient (Wildman–Crippen LogP) is 6.77. The Hall–Kier alpha value is -2.59. The van der Waals surface area contributed by atoms with Crippen molar-refractivity contribution in [3.8, 4) is 21.7 Å². The molecule has 0 amide bonds. The van der Waals surface area contributed by atoms with Crippen molar-refractivity contribution in [1.29, 1.82) is 0 Å². The standard InChI is InChI=1S/C20H14NS.C5H8O2.Ir/c1-14-17-13-21-18(15-8-4-2-5-9-15)12-19(17)22-20(14)16-10-6-3-7-11-16;1-4(6)3-5(2)7;/h2-8,10-13H,1H3;3,6H,1-2H3;/q-1;;/b;4-3-;. The molecular weight excluding hydrogens is 571 g/mol. The number of benzene rings is 2. The summed E-state index contributed by atoms with van der Waals surface area (Å²) in [5.41, 5.74) is 4.60. The summed E-state index contributed by atoms with van der Waals surface area (Å²) in [5, 5.41) is 9.60. The monoisotopic (exact) mass is 593 g/mol. The Balaban J connectivity index is 0.000000350. The van der Waals surface area contributed by atoms with Gasteiger partial charge in [0, 0.05) is 47.3 Å². The first-order valence-electron chi connectivity index (χ1n) is 9.25. The largest absolute Gasteiger partial charge is 0.512 e. The number of thiophene rings is 1. The minimum Gasteiger partial charge on any atom is -0.512 e. The van der Waals surface area contributed by atoms with Crippen LogP contribution in [0, 0.1) is 13.0 Å². The number of hydrogen-bond acceptors (Lipinski definition) is 4. The summed E-state index contributed by atoms with van der Waals surface area (Å²) in [6.45, 7) is 5.03. The predicted molar refractivity (Wildman–Crippen MR) is 121 cm³/mol. The number of nitrogens with zero attached hydrogens (tertiary/aromatic N) is 1. The Morgan fingerprint density at radius 3 is 2.37 bits per heavy atom. The van der Waals surface area contributed by atoms with Gasteiger partial charge in [0.25, 0.3) is 0 Å². The molecule has 0 bridgehead atoms. The van der Waals surface area contributed by atoms with Crippen LogP contribution in [0.3, 0.4) is 0 Å². The fourth-order valence-electron chi connectivity index (χ4n) is 2.97. The number of aromatic nitrogens is 1. The maximum atomic E-state index is 10.0. The van der Waals surface area contributed by atoms with Gasteiger partial charge in [0.05, 0.1) is 5.76 Å². The van der Waals surface area contributed by atoms with Gasteiger partial charge in [-0.05, 0) is 37.6 Å². The molecule has 0 saturated carbocycles. The SMILES string of the molecule is CC(=O)/C=C(/C)O.Cc1c(-c2ccccc2)sc2cc(-c3[c-]cccc3)ncc12.[Ir]. The van der Waals surface area contributed by atoms with E-state index >= 15 is 0 Å². The Morgan fingerprint density at radius 1 is 1.10 bits per heavy atom. The quantitative estimate of drug-likeness (QED) is 0.162. The van der Waals surface area contributed by atoms with Crippen molar-refractivity contribution in [2.24, 2.45) is 0 Å². The summed E-state index contributed by atoms with van der Waals surface area (Å²) in [6.07, 6.45) is 3.16. The van der Waals surface area contributed by atoms with Crippen molar-refractivity contribution in [1.82, 2.24) is 4.98 Å². The third-order valence-corrected chi connectivity index (χ3v) is 5.56. The molecule has 1 radical (unpaired) electrons. The molecule has 0 fully saturated rings. The number of fused-ring (bicyclic) bond motifs is 1. The molecule has 0 atom stereocenters. The van der Waals surface area contributed by atoms with Crippen LogP contribution in [-0.4, -0.2) is 15.9 Å². The van der Waals surface area contributed by atoms with E-state index in [4.69, 9.17) is 5.11 Å². The van der Waals surface area contributed by atoms with Gasteiger partial charge in [-0.15, -0.1) is 47.2 Å². The molecule has 2 heterocycles. The number of carbonyl (C=O) groups excluding carboxylic acids is 1. The topological polar surface area (TPSA) is 50.2 Å². The molecule has 0 aliphatic rings. The molecule has 0 aliphatic heterocycles. The summed E-state index contributed by atoms with van der Waals surface area (Å²) < 4.78 is 1.28. The fraction of sp³-hybridized carbons (Fsp3) is 0.120. The van der Waals surface area contributed by atoms with E-state index in [2.05, 4.69) is 54.4 Å². The number of carbonyl (C=O) groups is 1. The molecule has 2 aromatic carbocycles. The smallest absolute Gasteiger partial charge is 0.155 e. The van der Waals surface area contributed by atoms with Crippen molar-refractivity contribution in [2.75, 3.05) is 0 Å². The van der Waals surface area contributed by atoms with E-state index in [1.807, 2.05) is 41.8 Å². The zero-order chi connectivity index (χ0) is 20.8. The average molecular weight is 593 g/mol. The summed E-state index contributed by atoms with van der Waals surface area (Å²) in [4.78, 5) is 16.0. The average Bonchev–Trinajstić information content (AvgIpc) is 3.05. The summed E-state index contributed by atoms with van der Waals surface area (Å²) >= 11 is 1.83. The number of ketones is 1. The summed E-state index contributed by atoms with van der Waals surface area (Å²) in [7, 11) is 0. The van der Waals surface area contributed by atoms with Crippen molar-refractivity contribution in [3.63, 3.8) is 0 Å². The molecule has 3 nitrogen and oxygen atoms in total. The molecule has 0 aliphatic carbocycles. The van der Waals surface area contributed by atoms with Gasteiger partial charge >= 0.3 is 0 Å². The van der Waals surface area contributed by atoms with E-state index in [0.717, 1.165) is 11.3 Å². The molecule has 0 spiro atoms. The first-order valence-corrected chi connectivity index (χ1v) is 10.1. The second kappa shape index (κ2) is 11.0. The van der Waals surface area contributed by atoms with E-state index in [0.29, 0.717) is 0 Å². The van der Waals surface area contributed by atoms with Gasteiger partial charge < -0.3 is 10.1 Å². The van der Waals surface area contributed by atoms with Crippen molar-refractivity contribution >= 4 is 27.2 Å². The van der Waals surface area contributed by atoms with E-state index in [1.54, 1.807) is 0 Å². The zero-order valence-electron chi connectivity index (χ0n) is 17.0. The minimum atomic E-state index is -0.125. The van der Waals surface area contributed by atoms with Crippen LogP contribution in [0.4, 0.5) is 0 Å². The van der Waals surface area contributed by atoms with E-state index in [9.17, 15) is 4.79 Å². The second-order valence-electron chi connectivity index (χ2n) is 6.66. The van der Waals surface area contributed by atoms with Crippen LogP contribution in [0.1, 0.15) is 19.4 Å². The fourth-order valence-corrected chi connectivity index (χ4v) is 4.19. The molecular formula is C25H22IrNO2S-.